The van der Waals surface area contributed by atoms with Gasteiger partial charge in [0.2, 0.25) is 11.8 Å². The fourth-order valence-electron chi connectivity index (χ4n) is 1.60. The van der Waals surface area contributed by atoms with Gasteiger partial charge in [0.25, 0.3) is 0 Å². The molecule has 0 aliphatic carbocycles. The Balaban J connectivity index is 1.91. The SMILES string of the molecule is CCOc1ncccc1NC(=O)CSc1ccc(Br)cc1. The Labute approximate surface area is 136 Å². The summed E-state index contributed by atoms with van der Waals surface area (Å²) in [6.07, 6.45) is 1.64. The highest BCUT2D eigenvalue weighted by Crippen LogP contribution is 2.23. The lowest BCUT2D eigenvalue weighted by atomic mass is 10.4. The second-order valence-corrected chi connectivity index (χ2v) is 6.04. The van der Waals surface area contributed by atoms with E-state index < -0.39 is 0 Å². The molecule has 0 aliphatic heterocycles. The van der Waals surface area contributed by atoms with Gasteiger partial charge in [0.1, 0.15) is 5.69 Å². The highest BCUT2D eigenvalue weighted by atomic mass is 79.9. The lowest BCUT2D eigenvalue weighted by molar-refractivity contribution is -0.113. The Bertz CT molecular complexity index is 605. The largest absolute Gasteiger partial charge is 0.476 e. The van der Waals surface area contributed by atoms with E-state index in [4.69, 9.17) is 4.74 Å². The smallest absolute Gasteiger partial charge is 0.237 e. The minimum Gasteiger partial charge on any atom is -0.476 e. The summed E-state index contributed by atoms with van der Waals surface area (Å²) >= 11 is 4.86. The van der Waals surface area contributed by atoms with Crippen molar-refractivity contribution in [2.24, 2.45) is 0 Å². The molecular formula is C15H15BrN2O2S. The second-order valence-electron chi connectivity index (χ2n) is 4.08. The van der Waals surface area contributed by atoms with Gasteiger partial charge in [0, 0.05) is 15.6 Å². The maximum absolute atomic E-state index is 12.0. The number of aromatic nitrogens is 1. The highest BCUT2D eigenvalue weighted by molar-refractivity contribution is 9.10. The number of nitrogens with one attached hydrogen (secondary N) is 1. The maximum atomic E-state index is 12.0. The Morgan fingerprint density at radius 1 is 1.33 bits per heavy atom. The lowest BCUT2D eigenvalue weighted by Crippen LogP contribution is -2.15. The van der Waals surface area contributed by atoms with Crippen molar-refractivity contribution in [3.05, 3.63) is 47.1 Å². The molecule has 1 heterocycles. The predicted octanol–water partition coefficient (Wildman–Crippen LogP) is 3.97. The molecule has 1 aromatic heterocycles. The number of pyridine rings is 1. The first-order valence-corrected chi connectivity index (χ1v) is 8.23. The number of benzene rings is 1. The molecule has 0 spiro atoms. The third-order valence-corrected chi connectivity index (χ3v) is 4.05. The fourth-order valence-corrected chi connectivity index (χ4v) is 2.57. The third kappa shape index (κ3) is 5.06. The molecule has 2 aromatic rings. The molecule has 1 amide bonds. The van der Waals surface area contributed by atoms with Crippen LogP contribution in [0.15, 0.2) is 52.0 Å². The summed E-state index contributed by atoms with van der Waals surface area (Å²) in [5.74, 6) is 0.695. The number of carbonyl (C=O) groups excluding carboxylic acids is 1. The molecule has 0 aliphatic rings. The first-order valence-electron chi connectivity index (χ1n) is 6.45. The van der Waals surface area contributed by atoms with Gasteiger partial charge >= 0.3 is 0 Å². The van der Waals surface area contributed by atoms with Crippen LogP contribution in [0, 0.1) is 0 Å². The van der Waals surface area contributed by atoms with Crippen molar-refractivity contribution >= 4 is 39.3 Å². The molecule has 0 saturated heterocycles. The summed E-state index contributed by atoms with van der Waals surface area (Å²) in [5.41, 5.74) is 0.598. The van der Waals surface area contributed by atoms with E-state index in [1.807, 2.05) is 31.2 Å². The van der Waals surface area contributed by atoms with E-state index in [9.17, 15) is 4.79 Å². The molecule has 1 aromatic carbocycles. The summed E-state index contributed by atoms with van der Waals surface area (Å²) in [7, 11) is 0. The number of amides is 1. The van der Waals surface area contributed by atoms with Crippen LogP contribution in [-0.4, -0.2) is 23.3 Å². The zero-order chi connectivity index (χ0) is 15.1. The van der Waals surface area contributed by atoms with Crippen molar-refractivity contribution in [2.75, 3.05) is 17.7 Å². The average Bonchev–Trinajstić information content (AvgIpc) is 2.49. The van der Waals surface area contributed by atoms with E-state index in [1.165, 1.54) is 11.8 Å². The molecular weight excluding hydrogens is 352 g/mol. The minimum absolute atomic E-state index is 0.0862. The van der Waals surface area contributed by atoms with Crippen LogP contribution in [-0.2, 0) is 4.79 Å². The molecule has 0 unspecified atom stereocenters. The van der Waals surface area contributed by atoms with Gasteiger partial charge in [-0.3, -0.25) is 4.79 Å². The van der Waals surface area contributed by atoms with Crippen LogP contribution in [0.5, 0.6) is 5.88 Å². The summed E-state index contributed by atoms with van der Waals surface area (Å²) in [4.78, 5) is 17.1. The topological polar surface area (TPSA) is 51.2 Å². The average molecular weight is 367 g/mol. The molecule has 21 heavy (non-hydrogen) atoms. The van der Waals surface area contributed by atoms with Crippen molar-refractivity contribution in [3.8, 4) is 5.88 Å². The zero-order valence-corrected chi connectivity index (χ0v) is 13.9. The van der Waals surface area contributed by atoms with Crippen molar-refractivity contribution < 1.29 is 9.53 Å². The Morgan fingerprint density at radius 2 is 2.10 bits per heavy atom. The lowest BCUT2D eigenvalue weighted by Gasteiger charge is -2.09. The molecule has 0 radical (unpaired) electrons. The van der Waals surface area contributed by atoms with E-state index in [0.717, 1.165) is 9.37 Å². The van der Waals surface area contributed by atoms with E-state index in [-0.39, 0.29) is 5.91 Å². The van der Waals surface area contributed by atoms with Crippen LogP contribution < -0.4 is 10.1 Å². The summed E-state index contributed by atoms with van der Waals surface area (Å²) in [5, 5.41) is 2.82. The molecule has 0 atom stereocenters. The Morgan fingerprint density at radius 3 is 2.81 bits per heavy atom. The monoisotopic (exact) mass is 366 g/mol. The fraction of sp³-hybridized carbons (Fsp3) is 0.200. The molecule has 0 fully saturated rings. The molecule has 0 bridgehead atoms. The van der Waals surface area contributed by atoms with E-state index >= 15 is 0 Å². The van der Waals surface area contributed by atoms with Crippen molar-refractivity contribution in [1.29, 1.82) is 0 Å². The normalized spacial score (nSPS) is 10.2. The molecule has 0 saturated carbocycles. The number of hydrogen-bond donors (Lipinski definition) is 1. The Hall–Kier alpha value is -1.53. The molecule has 1 N–H and O–H groups in total. The number of nitrogens with zero attached hydrogens (tertiary/aromatic N) is 1. The van der Waals surface area contributed by atoms with Gasteiger partial charge in [0.15, 0.2) is 0 Å². The highest BCUT2D eigenvalue weighted by Gasteiger charge is 2.09. The Kier molecular flexibility index (Phi) is 6.07. The van der Waals surface area contributed by atoms with Crippen LogP contribution in [0.25, 0.3) is 0 Å². The van der Waals surface area contributed by atoms with Gasteiger partial charge in [0.05, 0.1) is 12.4 Å². The van der Waals surface area contributed by atoms with E-state index in [0.29, 0.717) is 23.9 Å². The van der Waals surface area contributed by atoms with Crippen molar-refractivity contribution in [2.45, 2.75) is 11.8 Å². The maximum Gasteiger partial charge on any atom is 0.237 e. The van der Waals surface area contributed by atoms with Gasteiger partial charge < -0.3 is 10.1 Å². The number of hydrogen-bond acceptors (Lipinski definition) is 4. The number of halogens is 1. The van der Waals surface area contributed by atoms with E-state index in [2.05, 4.69) is 26.2 Å². The number of ether oxygens (including phenoxy) is 1. The molecule has 2 rings (SSSR count). The predicted molar refractivity (Wildman–Crippen MR) is 88.9 cm³/mol. The molecule has 110 valence electrons. The van der Waals surface area contributed by atoms with Crippen LogP contribution >= 0.6 is 27.7 Å². The number of anilines is 1. The summed E-state index contributed by atoms with van der Waals surface area (Å²) in [6.45, 7) is 2.39. The van der Waals surface area contributed by atoms with Crippen molar-refractivity contribution in [1.82, 2.24) is 4.98 Å². The van der Waals surface area contributed by atoms with Crippen LogP contribution in [0.1, 0.15) is 6.92 Å². The zero-order valence-electron chi connectivity index (χ0n) is 11.5. The third-order valence-electron chi connectivity index (χ3n) is 2.51. The van der Waals surface area contributed by atoms with Crippen molar-refractivity contribution in [3.63, 3.8) is 0 Å². The quantitative estimate of drug-likeness (QED) is 0.785. The number of rotatable bonds is 6. The van der Waals surface area contributed by atoms with Crippen LogP contribution in [0.4, 0.5) is 5.69 Å². The van der Waals surface area contributed by atoms with Gasteiger partial charge in [-0.15, -0.1) is 11.8 Å². The first kappa shape index (κ1) is 15.9. The van der Waals surface area contributed by atoms with Crippen LogP contribution in [0.2, 0.25) is 0 Å². The molecule has 6 heteroatoms. The number of carbonyl (C=O) groups is 1. The van der Waals surface area contributed by atoms with Crippen LogP contribution in [0.3, 0.4) is 0 Å². The van der Waals surface area contributed by atoms with E-state index in [1.54, 1.807) is 18.3 Å². The first-order chi connectivity index (χ1) is 10.2. The second kappa shape index (κ2) is 8.05. The number of thioether (sulfide) groups is 1. The summed E-state index contributed by atoms with van der Waals surface area (Å²) in [6, 6.07) is 11.4. The standard InChI is InChI=1S/C15H15BrN2O2S/c1-2-20-15-13(4-3-9-17-15)18-14(19)10-21-12-7-5-11(16)6-8-12/h3-9H,2,10H2,1H3,(H,18,19). The molecule has 4 nitrogen and oxygen atoms in total. The van der Waals surface area contributed by atoms with Gasteiger partial charge in [-0.05, 0) is 43.3 Å². The van der Waals surface area contributed by atoms with Gasteiger partial charge in [-0.2, -0.15) is 0 Å². The van der Waals surface area contributed by atoms with Gasteiger partial charge in [-0.1, -0.05) is 15.9 Å². The van der Waals surface area contributed by atoms with Gasteiger partial charge in [-0.25, -0.2) is 4.98 Å². The minimum atomic E-state index is -0.0862. The summed E-state index contributed by atoms with van der Waals surface area (Å²) < 4.78 is 6.40.